The fraction of sp³-hybridized carbons (Fsp3) is 0.111. The number of methoxy groups -OCH3 is 1. The van der Waals surface area contributed by atoms with Gasteiger partial charge in [-0.15, -0.1) is 0 Å². The number of nitro benzene ring substituents is 1. The molecule has 1 saturated heterocycles. The van der Waals surface area contributed by atoms with E-state index in [4.69, 9.17) is 4.74 Å². The highest BCUT2D eigenvalue weighted by molar-refractivity contribution is 9.10. The number of rotatable bonds is 5. The van der Waals surface area contributed by atoms with E-state index in [0.29, 0.717) is 11.3 Å². The molecule has 0 atom stereocenters. The van der Waals surface area contributed by atoms with Crippen LogP contribution in [0.25, 0.3) is 6.08 Å². The Morgan fingerprint density at radius 3 is 2.56 bits per heavy atom. The number of benzene rings is 2. The molecule has 1 heterocycles. The molecule has 1 aliphatic heterocycles. The molecule has 138 valence electrons. The van der Waals surface area contributed by atoms with E-state index < -0.39 is 16.9 Å². The Bertz CT molecular complexity index is 956. The van der Waals surface area contributed by atoms with Crippen molar-refractivity contribution < 1.29 is 19.2 Å². The van der Waals surface area contributed by atoms with Crippen LogP contribution in [0.2, 0.25) is 0 Å². The van der Waals surface area contributed by atoms with Crippen molar-refractivity contribution in [3.8, 4) is 5.75 Å². The molecule has 0 radical (unpaired) electrons. The summed E-state index contributed by atoms with van der Waals surface area (Å²) in [5, 5.41) is 13.5. The summed E-state index contributed by atoms with van der Waals surface area (Å²) in [6, 6.07) is 10.7. The van der Waals surface area contributed by atoms with E-state index in [9.17, 15) is 19.7 Å². The first-order valence-corrected chi connectivity index (χ1v) is 8.60. The average molecular weight is 432 g/mol. The molecule has 0 bridgehead atoms. The van der Waals surface area contributed by atoms with E-state index in [0.717, 1.165) is 14.9 Å². The molecule has 0 saturated carbocycles. The number of hydrogen-bond donors (Lipinski definition) is 1. The Morgan fingerprint density at radius 2 is 1.93 bits per heavy atom. The van der Waals surface area contributed by atoms with E-state index in [2.05, 4.69) is 21.2 Å². The van der Waals surface area contributed by atoms with Crippen LogP contribution in [0.1, 0.15) is 11.1 Å². The lowest BCUT2D eigenvalue weighted by atomic mass is 10.1. The fourth-order valence-electron chi connectivity index (χ4n) is 2.59. The Kier molecular flexibility index (Phi) is 5.22. The maximum atomic E-state index is 12.6. The van der Waals surface area contributed by atoms with Crippen LogP contribution in [-0.2, 0) is 11.3 Å². The first kappa shape index (κ1) is 18.6. The zero-order valence-electron chi connectivity index (χ0n) is 14.1. The van der Waals surface area contributed by atoms with Crippen molar-refractivity contribution in [2.24, 2.45) is 0 Å². The molecule has 1 fully saturated rings. The molecule has 0 aliphatic carbocycles. The van der Waals surface area contributed by atoms with E-state index in [-0.39, 0.29) is 17.9 Å². The number of nitrogens with zero attached hydrogens (tertiary/aromatic N) is 2. The van der Waals surface area contributed by atoms with Gasteiger partial charge in [-0.05, 0) is 29.8 Å². The molecule has 1 N–H and O–H groups in total. The van der Waals surface area contributed by atoms with Crippen molar-refractivity contribution >= 4 is 39.6 Å². The molecule has 0 unspecified atom stereocenters. The average Bonchev–Trinajstić information content (AvgIpc) is 2.90. The number of carbonyl (C=O) groups excluding carboxylic acids is 2. The summed E-state index contributed by atoms with van der Waals surface area (Å²) < 4.78 is 6.07. The highest BCUT2D eigenvalue weighted by Crippen LogP contribution is 2.27. The van der Waals surface area contributed by atoms with Crippen molar-refractivity contribution in [3.05, 3.63) is 73.9 Å². The van der Waals surface area contributed by atoms with Crippen LogP contribution < -0.4 is 10.1 Å². The van der Waals surface area contributed by atoms with E-state index in [1.165, 1.54) is 31.4 Å². The van der Waals surface area contributed by atoms with Gasteiger partial charge < -0.3 is 10.1 Å². The Labute approximate surface area is 162 Å². The summed E-state index contributed by atoms with van der Waals surface area (Å²) in [6.07, 6.45) is 1.37. The largest absolute Gasteiger partial charge is 0.496 e. The molecular formula is C18H14BrN3O5. The van der Waals surface area contributed by atoms with E-state index >= 15 is 0 Å². The summed E-state index contributed by atoms with van der Waals surface area (Å²) >= 11 is 3.33. The molecule has 3 amide bonds. The highest BCUT2D eigenvalue weighted by atomic mass is 79.9. The monoisotopic (exact) mass is 431 g/mol. The zero-order chi connectivity index (χ0) is 19.6. The fourth-order valence-corrected chi connectivity index (χ4v) is 2.86. The highest BCUT2D eigenvalue weighted by Gasteiger charge is 2.33. The van der Waals surface area contributed by atoms with Gasteiger partial charge in [0, 0.05) is 22.2 Å². The second-order valence-electron chi connectivity index (χ2n) is 5.69. The van der Waals surface area contributed by atoms with Crippen molar-refractivity contribution in [3.63, 3.8) is 0 Å². The number of carbonyl (C=O) groups is 2. The van der Waals surface area contributed by atoms with Crippen LogP contribution in [-0.4, -0.2) is 28.9 Å². The second-order valence-corrected chi connectivity index (χ2v) is 6.60. The topological polar surface area (TPSA) is 102 Å². The van der Waals surface area contributed by atoms with Gasteiger partial charge >= 0.3 is 6.03 Å². The Morgan fingerprint density at radius 1 is 1.22 bits per heavy atom. The molecule has 3 rings (SSSR count). The van der Waals surface area contributed by atoms with Gasteiger partial charge in [0.05, 0.1) is 18.6 Å². The summed E-state index contributed by atoms with van der Waals surface area (Å²) in [6.45, 7) is 0.112. The van der Waals surface area contributed by atoms with Gasteiger partial charge in [-0.1, -0.05) is 28.1 Å². The first-order valence-electron chi connectivity index (χ1n) is 7.80. The quantitative estimate of drug-likeness (QED) is 0.338. The van der Waals surface area contributed by atoms with Gasteiger partial charge in [-0.3, -0.25) is 19.8 Å². The molecule has 2 aromatic carbocycles. The van der Waals surface area contributed by atoms with Crippen LogP contribution in [0.3, 0.4) is 0 Å². The van der Waals surface area contributed by atoms with Crippen LogP contribution in [0, 0.1) is 10.1 Å². The minimum absolute atomic E-state index is 0.0240. The summed E-state index contributed by atoms with van der Waals surface area (Å²) in [5.74, 6) is -0.169. The number of urea groups is 1. The summed E-state index contributed by atoms with van der Waals surface area (Å²) in [4.78, 5) is 36.3. The van der Waals surface area contributed by atoms with Crippen molar-refractivity contribution in [2.75, 3.05) is 7.11 Å². The predicted molar refractivity (Wildman–Crippen MR) is 101 cm³/mol. The van der Waals surface area contributed by atoms with Crippen molar-refractivity contribution in [1.29, 1.82) is 0 Å². The third kappa shape index (κ3) is 3.98. The third-order valence-corrected chi connectivity index (χ3v) is 4.47. The lowest BCUT2D eigenvalue weighted by Gasteiger charge is -2.11. The SMILES string of the molecule is COc1ccc([N+](=O)[O-])cc1C=C1NC(=O)N(Cc2ccc(Br)cc2)C1=O. The molecule has 1 aliphatic rings. The third-order valence-electron chi connectivity index (χ3n) is 3.94. The number of non-ortho nitro benzene ring substituents is 1. The number of nitrogens with one attached hydrogen (secondary N) is 1. The zero-order valence-corrected chi connectivity index (χ0v) is 15.7. The number of nitro groups is 1. The Balaban J connectivity index is 1.89. The second kappa shape index (κ2) is 7.58. The van der Waals surface area contributed by atoms with E-state index in [1.54, 1.807) is 12.1 Å². The first-order chi connectivity index (χ1) is 12.9. The van der Waals surface area contributed by atoms with Crippen molar-refractivity contribution in [2.45, 2.75) is 6.54 Å². The smallest absolute Gasteiger partial charge is 0.329 e. The van der Waals surface area contributed by atoms with Crippen LogP contribution in [0.15, 0.2) is 52.6 Å². The number of hydrogen-bond acceptors (Lipinski definition) is 5. The maximum absolute atomic E-state index is 12.6. The van der Waals surface area contributed by atoms with Gasteiger partial charge in [-0.25, -0.2) is 4.79 Å². The lowest BCUT2D eigenvalue weighted by Crippen LogP contribution is -2.30. The van der Waals surface area contributed by atoms with Crippen LogP contribution in [0.4, 0.5) is 10.5 Å². The van der Waals surface area contributed by atoms with Gasteiger partial charge in [0.25, 0.3) is 11.6 Å². The van der Waals surface area contributed by atoms with Gasteiger partial charge in [0.2, 0.25) is 0 Å². The maximum Gasteiger partial charge on any atom is 0.329 e. The summed E-state index contributed by atoms with van der Waals surface area (Å²) in [5.41, 5.74) is 0.985. The molecular weight excluding hydrogens is 418 g/mol. The molecule has 0 spiro atoms. The molecule has 9 heteroatoms. The van der Waals surface area contributed by atoms with Gasteiger partial charge in [-0.2, -0.15) is 0 Å². The van der Waals surface area contributed by atoms with Gasteiger partial charge in [0.1, 0.15) is 11.4 Å². The standard InChI is InChI=1S/C18H14BrN3O5/c1-27-16-7-6-14(22(25)26)8-12(16)9-15-17(23)21(18(24)20-15)10-11-2-4-13(19)5-3-11/h2-9H,10H2,1H3,(H,20,24). The lowest BCUT2D eigenvalue weighted by molar-refractivity contribution is -0.384. The molecule has 8 nitrogen and oxygen atoms in total. The van der Waals surface area contributed by atoms with E-state index in [1.807, 2.05) is 12.1 Å². The normalized spacial score (nSPS) is 15.2. The number of ether oxygens (including phenoxy) is 1. The summed E-state index contributed by atoms with van der Waals surface area (Å²) in [7, 11) is 1.41. The molecule has 27 heavy (non-hydrogen) atoms. The van der Waals surface area contributed by atoms with Crippen LogP contribution in [0.5, 0.6) is 5.75 Å². The predicted octanol–water partition coefficient (Wildman–Crippen LogP) is 3.46. The number of imide groups is 1. The molecule has 0 aromatic heterocycles. The van der Waals surface area contributed by atoms with Crippen LogP contribution >= 0.6 is 15.9 Å². The van der Waals surface area contributed by atoms with Gasteiger partial charge in [0.15, 0.2) is 0 Å². The number of amides is 3. The minimum atomic E-state index is -0.557. The van der Waals surface area contributed by atoms with Crippen molar-refractivity contribution in [1.82, 2.24) is 10.2 Å². The minimum Gasteiger partial charge on any atom is -0.496 e. The number of halogens is 1. The molecule has 2 aromatic rings. The Hall–Kier alpha value is -3.20.